The number of anilines is 1. The quantitative estimate of drug-likeness (QED) is 0.854. The Morgan fingerprint density at radius 2 is 2.20 bits per heavy atom. The fraction of sp³-hybridized carbons (Fsp3) is 0.438. The maximum Gasteiger partial charge on any atom is 0.342 e. The van der Waals surface area contributed by atoms with Crippen molar-refractivity contribution in [2.24, 2.45) is 5.92 Å². The van der Waals surface area contributed by atoms with Crippen molar-refractivity contribution in [1.29, 1.82) is 0 Å². The van der Waals surface area contributed by atoms with Crippen LogP contribution in [-0.4, -0.2) is 18.0 Å². The number of benzene rings is 1. The topological polar surface area (TPSA) is 59.5 Å². The van der Waals surface area contributed by atoms with Gasteiger partial charge in [-0.05, 0) is 37.4 Å². The molecule has 0 saturated carbocycles. The van der Waals surface area contributed by atoms with E-state index in [1.807, 2.05) is 18.2 Å². The fourth-order valence-electron chi connectivity index (χ4n) is 3.02. The van der Waals surface area contributed by atoms with Gasteiger partial charge in [0.05, 0.1) is 11.3 Å². The summed E-state index contributed by atoms with van der Waals surface area (Å²) in [5.74, 6) is 0.678. The molecule has 4 nitrogen and oxygen atoms in total. The number of para-hydroxylation sites is 1. The highest BCUT2D eigenvalue weighted by molar-refractivity contribution is 5.89. The minimum absolute atomic E-state index is 0.306. The molecule has 1 aliphatic rings. The van der Waals surface area contributed by atoms with Crippen LogP contribution < -0.4 is 11.4 Å². The van der Waals surface area contributed by atoms with E-state index in [0.29, 0.717) is 29.3 Å². The van der Waals surface area contributed by atoms with Crippen LogP contribution >= 0.6 is 0 Å². The monoisotopic (exact) mass is 272 g/mol. The van der Waals surface area contributed by atoms with Crippen molar-refractivity contribution >= 4 is 16.7 Å². The van der Waals surface area contributed by atoms with Gasteiger partial charge in [0, 0.05) is 18.5 Å². The second kappa shape index (κ2) is 5.29. The van der Waals surface area contributed by atoms with Gasteiger partial charge < -0.3 is 10.2 Å². The number of nitrogens with two attached hydrogens (primary N) is 1. The Bertz CT molecular complexity index is 678. The highest BCUT2D eigenvalue weighted by Crippen LogP contribution is 2.24. The molecule has 0 radical (unpaired) electrons. The first-order chi connectivity index (χ1) is 9.65. The maximum atomic E-state index is 12.1. The van der Waals surface area contributed by atoms with Gasteiger partial charge in [-0.2, -0.15) is 0 Å². The number of nitrogen functional groups attached to an aromatic ring is 1. The number of piperidine rings is 1. The van der Waals surface area contributed by atoms with Crippen molar-refractivity contribution in [3.63, 3.8) is 0 Å². The zero-order valence-corrected chi connectivity index (χ0v) is 11.8. The van der Waals surface area contributed by atoms with Gasteiger partial charge >= 0.3 is 5.63 Å². The second-order valence-electron chi connectivity index (χ2n) is 5.76. The number of nitrogens with zero attached hydrogens (tertiary/aromatic N) is 1. The van der Waals surface area contributed by atoms with Gasteiger partial charge in [0.15, 0.2) is 0 Å². The van der Waals surface area contributed by atoms with Crippen molar-refractivity contribution in [2.75, 3.05) is 18.8 Å². The van der Waals surface area contributed by atoms with Crippen LogP contribution in [-0.2, 0) is 6.54 Å². The summed E-state index contributed by atoms with van der Waals surface area (Å²) >= 11 is 0. The van der Waals surface area contributed by atoms with Crippen LogP contribution in [0.4, 0.5) is 5.69 Å². The summed E-state index contributed by atoms with van der Waals surface area (Å²) < 4.78 is 5.38. The Morgan fingerprint density at radius 3 is 3.00 bits per heavy atom. The minimum atomic E-state index is -0.306. The fourth-order valence-corrected chi connectivity index (χ4v) is 3.02. The zero-order valence-electron chi connectivity index (χ0n) is 11.8. The molecule has 0 bridgehead atoms. The summed E-state index contributed by atoms with van der Waals surface area (Å²) in [6.07, 6.45) is 2.44. The first-order valence-electron chi connectivity index (χ1n) is 7.17. The highest BCUT2D eigenvalue weighted by Gasteiger charge is 2.20. The average Bonchev–Trinajstić information content (AvgIpc) is 2.43. The standard InChI is InChI=1S/C16H20N2O2/c1-11-5-4-8-18(9-11)10-13-15(17)12-6-2-3-7-14(12)20-16(13)19/h2-3,6-7,11H,4-5,8-10,17H2,1H3. The van der Waals surface area contributed by atoms with Gasteiger partial charge in [0.1, 0.15) is 5.58 Å². The summed E-state index contributed by atoms with van der Waals surface area (Å²) in [7, 11) is 0. The van der Waals surface area contributed by atoms with E-state index in [-0.39, 0.29) is 5.63 Å². The third-order valence-electron chi connectivity index (χ3n) is 4.07. The van der Waals surface area contributed by atoms with Crippen LogP contribution in [0, 0.1) is 5.92 Å². The van der Waals surface area contributed by atoms with E-state index in [9.17, 15) is 4.79 Å². The molecule has 2 heterocycles. The lowest BCUT2D eigenvalue weighted by Crippen LogP contribution is -2.35. The summed E-state index contributed by atoms with van der Waals surface area (Å²) in [6.45, 7) is 4.88. The molecule has 3 rings (SSSR count). The Kier molecular flexibility index (Phi) is 3.49. The van der Waals surface area contributed by atoms with Gasteiger partial charge in [0.2, 0.25) is 0 Å². The third-order valence-corrected chi connectivity index (χ3v) is 4.07. The molecule has 20 heavy (non-hydrogen) atoms. The lowest BCUT2D eigenvalue weighted by atomic mass is 9.99. The van der Waals surface area contributed by atoms with E-state index in [0.717, 1.165) is 18.5 Å². The van der Waals surface area contributed by atoms with E-state index in [4.69, 9.17) is 10.2 Å². The van der Waals surface area contributed by atoms with Crippen LogP contribution in [0.15, 0.2) is 33.5 Å². The zero-order chi connectivity index (χ0) is 14.1. The molecule has 2 aromatic rings. The van der Waals surface area contributed by atoms with Gasteiger partial charge in [-0.15, -0.1) is 0 Å². The van der Waals surface area contributed by atoms with Crippen molar-refractivity contribution in [1.82, 2.24) is 4.90 Å². The molecule has 1 atom stereocenters. The van der Waals surface area contributed by atoms with Crippen LogP contribution in [0.1, 0.15) is 25.3 Å². The van der Waals surface area contributed by atoms with E-state index < -0.39 is 0 Å². The van der Waals surface area contributed by atoms with Crippen LogP contribution in [0.25, 0.3) is 11.0 Å². The SMILES string of the molecule is CC1CCCN(Cc2c(N)c3ccccc3oc2=O)C1. The van der Waals surface area contributed by atoms with Gasteiger partial charge in [0.25, 0.3) is 0 Å². The minimum Gasteiger partial charge on any atom is -0.422 e. The molecule has 2 N–H and O–H groups in total. The maximum absolute atomic E-state index is 12.1. The first kappa shape index (κ1) is 13.2. The summed E-state index contributed by atoms with van der Waals surface area (Å²) in [5.41, 5.74) is 7.60. The van der Waals surface area contributed by atoms with Crippen molar-refractivity contribution in [3.8, 4) is 0 Å². The van der Waals surface area contributed by atoms with Gasteiger partial charge in [-0.25, -0.2) is 4.79 Å². The summed E-state index contributed by atoms with van der Waals surface area (Å²) in [6, 6.07) is 7.43. The van der Waals surface area contributed by atoms with Gasteiger partial charge in [-0.3, -0.25) is 4.90 Å². The normalized spacial score (nSPS) is 20.4. The molecule has 0 spiro atoms. The van der Waals surface area contributed by atoms with E-state index in [1.54, 1.807) is 6.07 Å². The molecule has 1 aliphatic heterocycles. The largest absolute Gasteiger partial charge is 0.422 e. The Balaban J connectivity index is 1.97. The van der Waals surface area contributed by atoms with Crippen molar-refractivity contribution in [3.05, 3.63) is 40.2 Å². The van der Waals surface area contributed by atoms with E-state index in [1.165, 1.54) is 12.8 Å². The predicted molar refractivity (Wildman–Crippen MR) is 80.6 cm³/mol. The number of hydrogen-bond donors (Lipinski definition) is 1. The molecular formula is C16H20N2O2. The highest BCUT2D eigenvalue weighted by atomic mass is 16.4. The van der Waals surface area contributed by atoms with Crippen LogP contribution in [0.2, 0.25) is 0 Å². The average molecular weight is 272 g/mol. The van der Waals surface area contributed by atoms with E-state index in [2.05, 4.69) is 11.8 Å². The molecule has 1 fully saturated rings. The van der Waals surface area contributed by atoms with Crippen molar-refractivity contribution in [2.45, 2.75) is 26.3 Å². The van der Waals surface area contributed by atoms with Crippen LogP contribution in [0.5, 0.6) is 0 Å². The molecule has 106 valence electrons. The lowest BCUT2D eigenvalue weighted by Gasteiger charge is -2.30. The molecule has 1 saturated heterocycles. The molecule has 1 unspecified atom stereocenters. The Labute approximate surface area is 118 Å². The molecule has 1 aromatic heterocycles. The third kappa shape index (κ3) is 2.43. The molecule has 0 amide bonds. The molecule has 1 aromatic carbocycles. The van der Waals surface area contributed by atoms with Crippen LogP contribution in [0.3, 0.4) is 0 Å². The second-order valence-corrected chi connectivity index (χ2v) is 5.76. The predicted octanol–water partition coefficient (Wildman–Crippen LogP) is 2.61. The number of likely N-dealkylation sites (tertiary alicyclic amines) is 1. The lowest BCUT2D eigenvalue weighted by molar-refractivity contribution is 0.175. The number of hydrogen-bond acceptors (Lipinski definition) is 4. The number of rotatable bonds is 2. The Hall–Kier alpha value is -1.81. The number of fused-ring (bicyclic) bond motifs is 1. The summed E-state index contributed by atoms with van der Waals surface area (Å²) in [4.78, 5) is 14.4. The van der Waals surface area contributed by atoms with Gasteiger partial charge in [-0.1, -0.05) is 19.1 Å². The smallest absolute Gasteiger partial charge is 0.342 e. The first-order valence-corrected chi connectivity index (χ1v) is 7.17. The molecule has 4 heteroatoms. The Morgan fingerprint density at radius 1 is 1.40 bits per heavy atom. The van der Waals surface area contributed by atoms with Crippen molar-refractivity contribution < 1.29 is 4.42 Å². The summed E-state index contributed by atoms with van der Waals surface area (Å²) in [5, 5.41) is 0.826. The molecular weight excluding hydrogens is 252 g/mol. The van der Waals surface area contributed by atoms with E-state index >= 15 is 0 Å². The molecule has 0 aliphatic carbocycles.